The zero-order chi connectivity index (χ0) is 10.1. The van der Waals surface area contributed by atoms with Crippen LogP contribution in [0.15, 0.2) is 23.1 Å². The van der Waals surface area contributed by atoms with Crippen LogP contribution in [0.25, 0.3) is 0 Å². The summed E-state index contributed by atoms with van der Waals surface area (Å²) in [6.07, 6.45) is 0. The summed E-state index contributed by atoms with van der Waals surface area (Å²) in [5.74, 6) is 0. The SMILES string of the molecule is [CH2]OS(=O)(=O)c1cc(Cl)cc(Cl)c1. The molecule has 0 fully saturated rings. The Hall–Kier alpha value is -0.290. The van der Waals surface area contributed by atoms with Gasteiger partial charge in [0.1, 0.15) is 0 Å². The average Bonchev–Trinajstić information content (AvgIpc) is 2.02. The number of rotatable bonds is 2. The van der Waals surface area contributed by atoms with Gasteiger partial charge < -0.3 is 0 Å². The summed E-state index contributed by atoms with van der Waals surface area (Å²) in [6, 6.07) is 3.88. The number of halogens is 2. The van der Waals surface area contributed by atoms with Crippen LogP contribution in [0.5, 0.6) is 0 Å². The minimum atomic E-state index is -3.82. The third-order valence-electron chi connectivity index (χ3n) is 1.28. The Balaban J connectivity index is 3.32. The normalized spacial score (nSPS) is 11.6. The summed E-state index contributed by atoms with van der Waals surface area (Å²) in [5, 5.41) is 0.450. The Labute approximate surface area is 86.4 Å². The van der Waals surface area contributed by atoms with Crippen molar-refractivity contribution in [3.05, 3.63) is 35.4 Å². The molecule has 0 saturated carbocycles. The monoisotopic (exact) mass is 239 g/mol. The van der Waals surface area contributed by atoms with Gasteiger partial charge in [0, 0.05) is 10.0 Å². The van der Waals surface area contributed by atoms with Crippen molar-refractivity contribution in [1.29, 1.82) is 0 Å². The zero-order valence-electron chi connectivity index (χ0n) is 6.33. The molecular formula is C7H5Cl2O3S. The highest BCUT2D eigenvalue weighted by atomic mass is 35.5. The summed E-state index contributed by atoms with van der Waals surface area (Å²) in [5.41, 5.74) is 0. The van der Waals surface area contributed by atoms with Crippen molar-refractivity contribution in [2.45, 2.75) is 4.90 Å². The molecule has 0 atom stereocenters. The molecule has 1 aromatic rings. The first-order valence-electron chi connectivity index (χ1n) is 3.10. The van der Waals surface area contributed by atoms with E-state index in [1.54, 1.807) is 0 Å². The molecule has 13 heavy (non-hydrogen) atoms. The molecule has 0 unspecified atom stereocenters. The molecule has 0 heterocycles. The van der Waals surface area contributed by atoms with Crippen molar-refractivity contribution < 1.29 is 12.6 Å². The van der Waals surface area contributed by atoms with Crippen molar-refractivity contribution >= 4 is 33.3 Å². The summed E-state index contributed by atoms with van der Waals surface area (Å²) >= 11 is 11.2. The highest BCUT2D eigenvalue weighted by Gasteiger charge is 2.14. The lowest BCUT2D eigenvalue weighted by molar-refractivity contribution is 0.438. The molecule has 3 nitrogen and oxygen atoms in total. The van der Waals surface area contributed by atoms with Gasteiger partial charge in [-0.3, -0.25) is 4.18 Å². The summed E-state index contributed by atoms with van der Waals surface area (Å²) < 4.78 is 26.2. The molecule has 0 spiro atoms. The first kappa shape index (κ1) is 10.8. The van der Waals surface area contributed by atoms with Crippen molar-refractivity contribution in [1.82, 2.24) is 0 Å². The van der Waals surface area contributed by atoms with Gasteiger partial charge in [-0.05, 0) is 18.2 Å². The minimum Gasteiger partial charge on any atom is -0.264 e. The van der Waals surface area contributed by atoms with Gasteiger partial charge in [0.2, 0.25) is 0 Å². The third-order valence-corrected chi connectivity index (χ3v) is 2.84. The second-order valence-electron chi connectivity index (χ2n) is 2.18. The first-order chi connectivity index (χ1) is 5.95. The van der Waals surface area contributed by atoms with E-state index >= 15 is 0 Å². The van der Waals surface area contributed by atoms with Crippen LogP contribution in [0.3, 0.4) is 0 Å². The van der Waals surface area contributed by atoms with Crippen LogP contribution in [-0.2, 0) is 14.3 Å². The molecule has 0 amide bonds. The van der Waals surface area contributed by atoms with Crippen LogP contribution in [0.4, 0.5) is 0 Å². The molecule has 0 bridgehead atoms. The number of benzene rings is 1. The lowest BCUT2D eigenvalue weighted by atomic mass is 10.4. The maximum Gasteiger partial charge on any atom is 0.297 e. The lowest BCUT2D eigenvalue weighted by Crippen LogP contribution is -2.01. The third kappa shape index (κ3) is 2.57. The fourth-order valence-electron chi connectivity index (χ4n) is 0.741. The van der Waals surface area contributed by atoms with Crippen LogP contribution in [0, 0.1) is 7.11 Å². The Morgan fingerprint density at radius 3 is 2.00 bits per heavy atom. The van der Waals surface area contributed by atoms with Gasteiger partial charge in [-0.15, -0.1) is 0 Å². The number of hydrogen-bond acceptors (Lipinski definition) is 3. The van der Waals surface area contributed by atoms with E-state index in [2.05, 4.69) is 11.3 Å². The largest absolute Gasteiger partial charge is 0.297 e. The van der Waals surface area contributed by atoms with Gasteiger partial charge >= 0.3 is 0 Å². The van der Waals surface area contributed by atoms with Gasteiger partial charge in [-0.1, -0.05) is 23.2 Å². The summed E-state index contributed by atoms with van der Waals surface area (Å²) in [6.45, 7) is 0. The molecule has 0 N–H and O–H groups in total. The van der Waals surface area contributed by atoms with E-state index < -0.39 is 10.1 Å². The maximum atomic E-state index is 11.1. The molecule has 0 aliphatic heterocycles. The molecule has 1 radical (unpaired) electrons. The van der Waals surface area contributed by atoms with Gasteiger partial charge in [-0.25, -0.2) is 0 Å². The van der Waals surface area contributed by atoms with Crippen LogP contribution in [0.1, 0.15) is 0 Å². The van der Waals surface area contributed by atoms with E-state index in [9.17, 15) is 8.42 Å². The van der Waals surface area contributed by atoms with E-state index in [1.807, 2.05) is 0 Å². The standard InChI is InChI=1S/C7H5Cl2O3S/c1-12-13(10,11)7-3-5(8)2-6(9)4-7/h2-4H,1H2. The van der Waals surface area contributed by atoms with Crippen molar-refractivity contribution in [2.24, 2.45) is 0 Å². The minimum absolute atomic E-state index is 0.111. The molecule has 0 aromatic heterocycles. The predicted octanol–water partition coefficient (Wildman–Crippen LogP) is 2.49. The van der Waals surface area contributed by atoms with E-state index in [0.29, 0.717) is 0 Å². The fraction of sp³-hybridized carbons (Fsp3) is 0. The molecule has 1 rings (SSSR count). The topological polar surface area (TPSA) is 43.4 Å². The van der Waals surface area contributed by atoms with Crippen molar-refractivity contribution in [2.75, 3.05) is 0 Å². The molecule has 0 aliphatic rings. The number of hydrogen-bond donors (Lipinski definition) is 0. The summed E-state index contributed by atoms with van der Waals surface area (Å²) in [7, 11) is -1.00. The van der Waals surface area contributed by atoms with E-state index in [0.717, 1.165) is 0 Å². The average molecular weight is 240 g/mol. The van der Waals surface area contributed by atoms with Gasteiger partial charge in [0.15, 0.2) is 0 Å². The molecule has 1 aromatic carbocycles. The second kappa shape index (κ2) is 3.84. The highest BCUT2D eigenvalue weighted by Crippen LogP contribution is 2.23. The molecule has 0 aliphatic carbocycles. The smallest absolute Gasteiger partial charge is 0.264 e. The predicted molar refractivity (Wildman–Crippen MR) is 50.1 cm³/mol. The Morgan fingerprint density at radius 1 is 1.15 bits per heavy atom. The molecule has 6 heteroatoms. The van der Waals surface area contributed by atoms with Crippen molar-refractivity contribution in [3.8, 4) is 0 Å². The van der Waals surface area contributed by atoms with Gasteiger partial charge in [0.25, 0.3) is 10.1 Å². The second-order valence-corrected chi connectivity index (χ2v) is 4.67. The Kier molecular flexibility index (Phi) is 3.18. The van der Waals surface area contributed by atoms with E-state index in [4.69, 9.17) is 23.2 Å². The zero-order valence-corrected chi connectivity index (χ0v) is 8.66. The maximum absolute atomic E-state index is 11.1. The Bertz CT molecular complexity index is 393. The first-order valence-corrected chi connectivity index (χ1v) is 5.27. The van der Waals surface area contributed by atoms with E-state index in [1.165, 1.54) is 18.2 Å². The summed E-state index contributed by atoms with van der Waals surface area (Å²) in [4.78, 5) is -0.111. The highest BCUT2D eigenvalue weighted by molar-refractivity contribution is 7.86. The lowest BCUT2D eigenvalue weighted by Gasteiger charge is -2.01. The van der Waals surface area contributed by atoms with Crippen LogP contribution in [-0.4, -0.2) is 8.42 Å². The Morgan fingerprint density at radius 2 is 1.62 bits per heavy atom. The molecular weight excluding hydrogens is 235 g/mol. The van der Waals surface area contributed by atoms with Gasteiger partial charge in [0.05, 0.1) is 12.0 Å². The quantitative estimate of drug-likeness (QED) is 0.746. The molecule has 0 saturated heterocycles. The van der Waals surface area contributed by atoms with Crippen LogP contribution < -0.4 is 0 Å². The fourth-order valence-corrected chi connectivity index (χ4v) is 2.08. The van der Waals surface area contributed by atoms with Crippen LogP contribution in [0.2, 0.25) is 10.0 Å². The van der Waals surface area contributed by atoms with Crippen LogP contribution >= 0.6 is 23.2 Å². The van der Waals surface area contributed by atoms with Gasteiger partial charge in [-0.2, -0.15) is 8.42 Å². The van der Waals surface area contributed by atoms with Crippen molar-refractivity contribution in [3.63, 3.8) is 0 Å². The van der Waals surface area contributed by atoms with E-state index in [-0.39, 0.29) is 14.9 Å². The molecule has 71 valence electrons.